The maximum absolute atomic E-state index is 12.0. The van der Waals surface area contributed by atoms with Gasteiger partial charge in [0.25, 0.3) is 0 Å². The molecule has 1 fully saturated rings. The van der Waals surface area contributed by atoms with Crippen LogP contribution in [0.25, 0.3) is 0 Å². The van der Waals surface area contributed by atoms with Gasteiger partial charge >= 0.3 is 0 Å². The highest BCUT2D eigenvalue weighted by Crippen LogP contribution is 2.34. The fraction of sp³-hybridized carbons (Fsp3) is 0.500. The second kappa shape index (κ2) is 4.53. The van der Waals surface area contributed by atoms with Crippen LogP contribution >= 0.6 is 38.9 Å². The molecule has 2 heterocycles. The average molecular weight is 310 g/mol. The number of thiophene rings is 1. The van der Waals surface area contributed by atoms with Gasteiger partial charge in [-0.05, 0) is 34.3 Å². The Morgan fingerprint density at radius 3 is 2.93 bits per heavy atom. The van der Waals surface area contributed by atoms with Crippen LogP contribution in [0.15, 0.2) is 10.5 Å². The van der Waals surface area contributed by atoms with E-state index in [-0.39, 0.29) is 11.9 Å². The van der Waals surface area contributed by atoms with Crippen molar-refractivity contribution in [2.45, 2.75) is 19.4 Å². The molecule has 1 saturated heterocycles. The summed E-state index contributed by atoms with van der Waals surface area (Å²) in [4.78, 5) is 12.7. The maximum Gasteiger partial charge on any atom is 0.201 e. The Bertz CT molecular complexity index is 371. The standard InChI is InChI=1S/C10H10BrClO2S/c1-5-2-3-14-9(5)8(13)7-4-6(11)10(12)15-7/h4-5,9H,2-3H2,1H3. The number of ketones is 1. The molecule has 1 aliphatic heterocycles. The molecule has 1 aromatic heterocycles. The fourth-order valence-corrected chi connectivity index (χ4v) is 3.31. The molecule has 2 atom stereocenters. The fourth-order valence-electron chi connectivity index (χ4n) is 1.64. The van der Waals surface area contributed by atoms with Gasteiger partial charge in [-0.15, -0.1) is 11.3 Å². The summed E-state index contributed by atoms with van der Waals surface area (Å²) in [6.45, 7) is 2.72. The predicted octanol–water partition coefficient (Wildman–Crippen LogP) is 3.77. The number of ether oxygens (including phenoxy) is 1. The van der Waals surface area contributed by atoms with Crippen LogP contribution in [0.5, 0.6) is 0 Å². The summed E-state index contributed by atoms with van der Waals surface area (Å²) in [6, 6.07) is 1.77. The first kappa shape index (κ1) is 11.6. The summed E-state index contributed by atoms with van der Waals surface area (Å²) in [5.41, 5.74) is 0. The lowest BCUT2D eigenvalue weighted by Gasteiger charge is -2.11. The minimum atomic E-state index is -0.286. The summed E-state index contributed by atoms with van der Waals surface area (Å²) < 4.78 is 6.82. The zero-order valence-corrected chi connectivity index (χ0v) is 11.3. The molecule has 0 saturated carbocycles. The van der Waals surface area contributed by atoms with E-state index >= 15 is 0 Å². The molecular formula is C10H10BrClO2S. The van der Waals surface area contributed by atoms with Crippen molar-refractivity contribution in [3.63, 3.8) is 0 Å². The first-order valence-corrected chi connectivity index (χ1v) is 6.69. The van der Waals surface area contributed by atoms with Crippen molar-refractivity contribution in [3.05, 3.63) is 19.8 Å². The lowest BCUT2D eigenvalue weighted by molar-refractivity contribution is 0.0583. The number of halogens is 2. The van der Waals surface area contributed by atoms with Gasteiger partial charge in [0.2, 0.25) is 5.78 Å². The number of carbonyl (C=O) groups excluding carboxylic acids is 1. The van der Waals surface area contributed by atoms with Gasteiger partial charge in [-0.2, -0.15) is 0 Å². The Kier molecular flexibility index (Phi) is 3.50. The first-order chi connectivity index (χ1) is 7.09. The molecule has 2 rings (SSSR count). The van der Waals surface area contributed by atoms with Crippen LogP contribution in [0.1, 0.15) is 23.0 Å². The Balaban J connectivity index is 2.20. The summed E-state index contributed by atoms with van der Waals surface area (Å²) in [7, 11) is 0. The summed E-state index contributed by atoms with van der Waals surface area (Å²) in [5.74, 6) is 0.356. The third-order valence-electron chi connectivity index (χ3n) is 2.53. The average Bonchev–Trinajstić information content (AvgIpc) is 2.74. The SMILES string of the molecule is CC1CCOC1C(=O)c1cc(Br)c(Cl)s1. The Hall–Kier alpha value is 0.1000. The van der Waals surface area contributed by atoms with E-state index in [0.29, 0.717) is 21.7 Å². The molecule has 0 radical (unpaired) electrons. The number of Topliss-reactive ketones (excluding diaryl/α,β-unsaturated/α-hetero) is 1. The smallest absolute Gasteiger partial charge is 0.201 e. The molecule has 1 aromatic rings. The van der Waals surface area contributed by atoms with Gasteiger partial charge in [0.15, 0.2) is 0 Å². The zero-order chi connectivity index (χ0) is 11.0. The molecule has 0 spiro atoms. The quantitative estimate of drug-likeness (QED) is 0.777. The van der Waals surface area contributed by atoms with E-state index < -0.39 is 0 Å². The number of carbonyl (C=O) groups is 1. The molecule has 82 valence electrons. The molecule has 0 amide bonds. The van der Waals surface area contributed by atoms with Crippen LogP contribution in [-0.4, -0.2) is 18.5 Å². The topological polar surface area (TPSA) is 26.3 Å². The van der Waals surface area contributed by atoms with Gasteiger partial charge in [0.1, 0.15) is 10.4 Å². The summed E-state index contributed by atoms with van der Waals surface area (Å²) >= 11 is 10.5. The van der Waals surface area contributed by atoms with Crippen LogP contribution in [-0.2, 0) is 4.74 Å². The Labute approximate surface area is 106 Å². The van der Waals surface area contributed by atoms with Crippen LogP contribution in [0.4, 0.5) is 0 Å². The van der Waals surface area contributed by atoms with Crippen LogP contribution in [0, 0.1) is 5.92 Å². The monoisotopic (exact) mass is 308 g/mol. The number of hydrogen-bond donors (Lipinski definition) is 0. The van der Waals surface area contributed by atoms with Gasteiger partial charge in [0, 0.05) is 11.1 Å². The van der Waals surface area contributed by atoms with Crippen molar-refractivity contribution >= 4 is 44.7 Å². The highest BCUT2D eigenvalue weighted by Gasteiger charge is 2.32. The van der Waals surface area contributed by atoms with Crippen molar-refractivity contribution in [3.8, 4) is 0 Å². The molecular weight excluding hydrogens is 300 g/mol. The molecule has 0 bridgehead atoms. The molecule has 0 aliphatic carbocycles. The van der Waals surface area contributed by atoms with Crippen molar-refractivity contribution in [1.82, 2.24) is 0 Å². The molecule has 15 heavy (non-hydrogen) atoms. The molecule has 0 aromatic carbocycles. The number of rotatable bonds is 2. The van der Waals surface area contributed by atoms with Gasteiger partial charge < -0.3 is 4.74 Å². The molecule has 0 N–H and O–H groups in total. The van der Waals surface area contributed by atoms with Crippen LogP contribution < -0.4 is 0 Å². The Morgan fingerprint density at radius 2 is 2.47 bits per heavy atom. The normalized spacial score (nSPS) is 25.8. The third kappa shape index (κ3) is 2.28. The van der Waals surface area contributed by atoms with Gasteiger partial charge in [-0.25, -0.2) is 0 Å². The lowest BCUT2D eigenvalue weighted by Crippen LogP contribution is -2.24. The van der Waals surface area contributed by atoms with Gasteiger partial charge in [-0.3, -0.25) is 4.79 Å². The largest absolute Gasteiger partial charge is 0.370 e. The van der Waals surface area contributed by atoms with Crippen molar-refractivity contribution in [2.24, 2.45) is 5.92 Å². The van der Waals surface area contributed by atoms with Crippen molar-refractivity contribution in [1.29, 1.82) is 0 Å². The van der Waals surface area contributed by atoms with Crippen LogP contribution in [0.3, 0.4) is 0 Å². The van der Waals surface area contributed by atoms with E-state index in [0.717, 1.165) is 10.9 Å². The van der Waals surface area contributed by atoms with E-state index in [9.17, 15) is 4.79 Å². The molecule has 5 heteroatoms. The zero-order valence-electron chi connectivity index (χ0n) is 8.13. The van der Waals surface area contributed by atoms with Crippen molar-refractivity contribution < 1.29 is 9.53 Å². The van der Waals surface area contributed by atoms with Gasteiger partial charge in [0.05, 0.1) is 4.88 Å². The second-order valence-corrected chi connectivity index (χ2v) is 6.16. The van der Waals surface area contributed by atoms with E-state index in [4.69, 9.17) is 16.3 Å². The molecule has 2 unspecified atom stereocenters. The van der Waals surface area contributed by atoms with E-state index in [2.05, 4.69) is 15.9 Å². The van der Waals surface area contributed by atoms with Gasteiger partial charge in [-0.1, -0.05) is 18.5 Å². The van der Waals surface area contributed by atoms with Crippen LogP contribution in [0.2, 0.25) is 4.34 Å². The second-order valence-electron chi connectivity index (χ2n) is 3.65. The Morgan fingerprint density at radius 1 is 1.73 bits per heavy atom. The van der Waals surface area contributed by atoms with E-state index in [1.165, 1.54) is 11.3 Å². The maximum atomic E-state index is 12.0. The minimum Gasteiger partial charge on any atom is -0.370 e. The van der Waals surface area contributed by atoms with E-state index in [1.54, 1.807) is 6.07 Å². The predicted molar refractivity (Wildman–Crippen MR) is 64.9 cm³/mol. The first-order valence-electron chi connectivity index (χ1n) is 4.70. The summed E-state index contributed by atoms with van der Waals surface area (Å²) in [5, 5.41) is 0. The third-order valence-corrected chi connectivity index (χ3v) is 5.02. The lowest BCUT2D eigenvalue weighted by atomic mass is 10.00. The highest BCUT2D eigenvalue weighted by atomic mass is 79.9. The van der Waals surface area contributed by atoms with E-state index in [1.807, 2.05) is 6.92 Å². The highest BCUT2D eigenvalue weighted by molar-refractivity contribution is 9.10. The molecule has 2 nitrogen and oxygen atoms in total. The molecule has 1 aliphatic rings. The van der Waals surface area contributed by atoms with Crippen molar-refractivity contribution in [2.75, 3.05) is 6.61 Å². The summed E-state index contributed by atoms with van der Waals surface area (Å²) in [6.07, 6.45) is 0.670. The minimum absolute atomic E-state index is 0.0533. The number of hydrogen-bond acceptors (Lipinski definition) is 3.